The van der Waals surface area contributed by atoms with Gasteiger partial charge < -0.3 is 16.0 Å². The van der Waals surface area contributed by atoms with Crippen LogP contribution in [0, 0.1) is 0 Å². The molecule has 2 aliphatic rings. The van der Waals surface area contributed by atoms with Crippen molar-refractivity contribution in [2.24, 2.45) is 0 Å². The van der Waals surface area contributed by atoms with E-state index in [4.69, 9.17) is 0 Å². The summed E-state index contributed by atoms with van der Waals surface area (Å²) in [5.41, 5.74) is 4.18. The second-order valence-electron chi connectivity index (χ2n) is 4.21. The maximum atomic E-state index is 11.5. The van der Waals surface area contributed by atoms with E-state index in [9.17, 15) is 4.79 Å². The third kappa shape index (κ3) is 1.11. The van der Waals surface area contributed by atoms with Crippen molar-refractivity contribution in [3.63, 3.8) is 0 Å². The van der Waals surface area contributed by atoms with E-state index in [0.29, 0.717) is 0 Å². The maximum Gasteiger partial charge on any atom is 0.231 e. The highest BCUT2D eigenvalue weighted by molar-refractivity contribution is 6.04. The minimum atomic E-state index is -0.0389. The molecule has 0 saturated carbocycles. The number of hydrogen-bond donors (Lipinski definition) is 3. The average Bonchev–Trinajstić information content (AvgIpc) is 2.65. The Kier molecular flexibility index (Phi) is 1.52. The van der Waals surface area contributed by atoms with Crippen LogP contribution in [0.15, 0.2) is 12.1 Å². The van der Waals surface area contributed by atoms with Gasteiger partial charge in [0.05, 0.1) is 23.5 Å². The van der Waals surface area contributed by atoms with Crippen molar-refractivity contribution in [3.8, 4) is 0 Å². The van der Waals surface area contributed by atoms with Crippen molar-refractivity contribution in [1.29, 1.82) is 0 Å². The third-order valence-corrected chi connectivity index (χ3v) is 3.05. The highest BCUT2D eigenvalue weighted by Gasteiger charge is 2.29. The zero-order valence-corrected chi connectivity index (χ0v) is 8.72. The Morgan fingerprint density at radius 3 is 2.47 bits per heavy atom. The van der Waals surface area contributed by atoms with Gasteiger partial charge in [-0.25, -0.2) is 0 Å². The van der Waals surface area contributed by atoms with Crippen LogP contribution >= 0.6 is 0 Å². The monoisotopic (exact) mass is 203 g/mol. The van der Waals surface area contributed by atoms with Gasteiger partial charge in [0.2, 0.25) is 5.91 Å². The summed E-state index contributed by atoms with van der Waals surface area (Å²) in [6.45, 7) is 3.99. The van der Waals surface area contributed by atoms with Gasteiger partial charge in [-0.3, -0.25) is 4.79 Å². The smallest absolute Gasteiger partial charge is 0.231 e. The zero-order chi connectivity index (χ0) is 10.6. The summed E-state index contributed by atoms with van der Waals surface area (Å²) >= 11 is 0. The van der Waals surface area contributed by atoms with Crippen LogP contribution in [0.3, 0.4) is 0 Å². The molecule has 0 spiro atoms. The van der Waals surface area contributed by atoms with Crippen molar-refractivity contribution < 1.29 is 4.79 Å². The van der Waals surface area contributed by atoms with Gasteiger partial charge in [0.15, 0.2) is 0 Å². The third-order valence-electron chi connectivity index (χ3n) is 3.05. The molecule has 0 fully saturated rings. The number of nitrogens with one attached hydrogen (secondary N) is 3. The Balaban J connectivity index is 2.11. The van der Waals surface area contributed by atoms with E-state index in [0.717, 1.165) is 22.6 Å². The summed E-state index contributed by atoms with van der Waals surface area (Å²) < 4.78 is 0. The van der Waals surface area contributed by atoms with Gasteiger partial charge in [-0.2, -0.15) is 0 Å². The van der Waals surface area contributed by atoms with Crippen LogP contribution in [0.4, 0.5) is 17.1 Å². The molecule has 4 heteroatoms. The summed E-state index contributed by atoms with van der Waals surface area (Å²) in [5, 5.41) is 9.49. The molecule has 4 nitrogen and oxygen atoms in total. The number of fused-ring (bicyclic) bond motifs is 2. The molecule has 2 unspecified atom stereocenters. The first kappa shape index (κ1) is 8.59. The van der Waals surface area contributed by atoms with Crippen LogP contribution in [-0.4, -0.2) is 12.1 Å². The Hall–Kier alpha value is -1.71. The fourth-order valence-corrected chi connectivity index (χ4v) is 2.21. The molecule has 2 aliphatic heterocycles. The highest BCUT2D eigenvalue weighted by atomic mass is 16.2. The van der Waals surface area contributed by atoms with Gasteiger partial charge in [-0.05, 0) is 31.5 Å². The lowest BCUT2D eigenvalue weighted by Crippen LogP contribution is -2.16. The fraction of sp³-hybridized carbons (Fsp3) is 0.364. The second-order valence-corrected chi connectivity index (χ2v) is 4.21. The maximum absolute atomic E-state index is 11.5. The van der Waals surface area contributed by atoms with E-state index in [2.05, 4.69) is 28.9 Å². The minimum Gasteiger partial charge on any atom is -0.364 e. The van der Waals surface area contributed by atoms with Gasteiger partial charge in [0.1, 0.15) is 0 Å². The Morgan fingerprint density at radius 2 is 1.73 bits per heavy atom. The molecule has 0 saturated heterocycles. The number of carbonyl (C=O) groups is 1. The summed E-state index contributed by atoms with van der Waals surface area (Å²) in [5.74, 6) is 0.0460. The summed E-state index contributed by atoms with van der Waals surface area (Å²) in [6.07, 6.45) is 0.258. The molecule has 78 valence electrons. The summed E-state index contributed by atoms with van der Waals surface area (Å²) in [4.78, 5) is 11.5. The number of benzene rings is 1. The van der Waals surface area contributed by atoms with E-state index < -0.39 is 0 Å². The predicted molar refractivity (Wildman–Crippen MR) is 60.2 cm³/mol. The average molecular weight is 203 g/mol. The Morgan fingerprint density at radius 1 is 1.07 bits per heavy atom. The molecule has 2 heterocycles. The van der Waals surface area contributed by atoms with Gasteiger partial charge in [-0.15, -0.1) is 0 Å². The largest absolute Gasteiger partial charge is 0.364 e. The van der Waals surface area contributed by atoms with E-state index in [-0.39, 0.29) is 18.0 Å². The summed E-state index contributed by atoms with van der Waals surface area (Å²) in [7, 11) is 0. The quantitative estimate of drug-likeness (QED) is 0.604. The number of carbonyl (C=O) groups excluding carboxylic acids is 1. The SMILES string of the molecule is CC1Nc2cc3c(cc2N1)C(C)C(=O)N3. The van der Waals surface area contributed by atoms with Crippen LogP contribution in [0.2, 0.25) is 0 Å². The molecule has 1 amide bonds. The molecular weight excluding hydrogens is 190 g/mol. The normalized spacial score (nSPS) is 26.4. The lowest BCUT2D eigenvalue weighted by molar-refractivity contribution is -0.116. The molecule has 0 radical (unpaired) electrons. The first-order valence-electron chi connectivity index (χ1n) is 5.17. The molecule has 15 heavy (non-hydrogen) atoms. The van der Waals surface area contributed by atoms with E-state index in [1.54, 1.807) is 0 Å². The highest BCUT2D eigenvalue weighted by Crippen LogP contribution is 2.40. The molecule has 2 atom stereocenters. The second kappa shape index (κ2) is 2.66. The summed E-state index contributed by atoms with van der Waals surface area (Å²) in [6, 6.07) is 4.06. The van der Waals surface area contributed by atoms with Crippen LogP contribution in [0.25, 0.3) is 0 Å². The van der Waals surface area contributed by atoms with Crippen molar-refractivity contribution >= 4 is 23.0 Å². The van der Waals surface area contributed by atoms with Crippen molar-refractivity contribution in [2.45, 2.75) is 25.9 Å². The van der Waals surface area contributed by atoms with Crippen molar-refractivity contribution in [2.75, 3.05) is 16.0 Å². The topological polar surface area (TPSA) is 53.2 Å². The van der Waals surface area contributed by atoms with Crippen LogP contribution < -0.4 is 16.0 Å². The predicted octanol–water partition coefficient (Wildman–Crippen LogP) is 1.93. The molecule has 3 N–H and O–H groups in total. The fourth-order valence-electron chi connectivity index (χ4n) is 2.21. The van der Waals surface area contributed by atoms with E-state index in [1.165, 1.54) is 0 Å². The van der Waals surface area contributed by atoms with Gasteiger partial charge >= 0.3 is 0 Å². The van der Waals surface area contributed by atoms with Crippen LogP contribution in [0.5, 0.6) is 0 Å². The number of anilines is 3. The molecule has 0 bridgehead atoms. The molecule has 1 aromatic rings. The number of hydrogen-bond acceptors (Lipinski definition) is 3. The number of rotatable bonds is 0. The van der Waals surface area contributed by atoms with Gasteiger partial charge in [0.25, 0.3) is 0 Å². The minimum absolute atomic E-state index is 0.0389. The molecule has 0 aliphatic carbocycles. The lowest BCUT2D eigenvalue weighted by atomic mass is 10.0. The van der Waals surface area contributed by atoms with Gasteiger partial charge in [-0.1, -0.05) is 0 Å². The molecule has 0 aromatic heterocycles. The van der Waals surface area contributed by atoms with Crippen LogP contribution in [-0.2, 0) is 4.79 Å². The van der Waals surface area contributed by atoms with Crippen molar-refractivity contribution in [1.82, 2.24) is 0 Å². The van der Waals surface area contributed by atoms with Gasteiger partial charge in [0, 0.05) is 5.69 Å². The lowest BCUT2D eigenvalue weighted by Gasteiger charge is -2.04. The van der Waals surface area contributed by atoms with E-state index in [1.807, 2.05) is 13.0 Å². The first-order chi connectivity index (χ1) is 7.15. The zero-order valence-electron chi connectivity index (χ0n) is 8.72. The molecule has 1 aromatic carbocycles. The van der Waals surface area contributed by atoms with Crippen LogP contribution in [0.1, 0.15) is 25.3 Å². The Bertz CT molecular complexity index is 455. The molecule has 3 rings (SSSR count). The number of amides is 1. The van der Waals surface area contributed by atoms with E-state index >= 15 is 0 Å². The molecular formula is C11H13N3O. The Labute approximate surface area is 88.1 Å². The van der Waals surface area contributed by atoms with Crippen molar-refractivity contribution in [3.05, 3.63) is 17.7 Å². The first-order valence-corrected chi connectivity index (χ1v) is 5.17. The standard InChI is InChI=1S/C11H13N3O/c1-5-7-3-9-10(13-6(2)12-9)4-8(7)14-11(5)15/h3-6,12-13H,1-2H3,(H,14,15).